The molecule has 0 fully saturated rings. The van der Waals surface area contributed by atoms with Crippen molar-refractivity contribution in [1.29, 1.82) is 0 Å². The zero-order valence-corrected chi connectivity index (χ0v) is 11.7. The van der Waals surface area contributed by atoms with Gasteiger partial charge in [0.1, 0.15) is 12.3 Å². The third-order valence-corrected chi connectivity index (χ3v) is 2.94. The summed E-state index contributed by atoms with van der Waals surface area (Å²) >= 11 is 0. The summed E-state index contributed by atoms with van der Waals surface area (Å²) < 4.78 is 7.18. The second-order valence-corrected chi connectivity index (χ2v) is 4.57. The normalized spacial score (nSPS) is 10.5. The van der Waals surface area contributed by atoms with E-state index in [4.69, 9.17) is 4.74 Å². The van der Waals surface area contributed by atoms with Gasteiger partial charge in [-0.05, 0) is 18.9 Å². The van der Waals surface area contributed by atoms with E-state index in [9.17, 15) is 9.90 Å². The molecule has 0 atom stereocenters. The van der Waals surface area contributed by atoms with Gasteiger partial charge in [-0.3, -0.25) is 4.68 Å². The predicted octanol–water partition coefficient (Wildman–Crippen LogP) is 2.88. The summed E-state index contributed by atoms with van der Waals surface area (Å²) in [7, 11) is 0. The van der Waals surface area contributed by atoms with Crippen LogP contribution < -0.4 is 4.74 Å². The van der Waals surface area contributed by atoms with Crippen molar-refractivity contribution in [2.24, 2.45) is 0 Å². The molecule has 0 aliphatic heterocycles. The molecule has 0 saturated heterocycles. The molecule has 0 aliphatic carbocycles. The summed E-state index contributed by atoms with van der Waals surface area (Å²) in [4.78, 5) is 11.4. The van der Waals surface area contributed by atoms with E-state index in [2.05, 4.69) is 5.10 Å². The van der Waals surface area contributed by atoms with E-state index in [1.54, 1.807) is 6.92 Å². The van der Waals surface area contributed by atoms with Crippen LogP contribution in [0.1, 0.15) is 35.1 Å². The number of aromatic carboxylic acids is 1. The lowest BCUT2D eigenvalue weighted by Crippen LogP contribution is -2.11. The van der Waals surface area contributed by atoms with Gasteiger partial charge in [-0.2, -0.15) is 5.10 Å². The highest BCUT2D eigenvalue weighted by molar-refractivity contribution is 5.89. The molecule has 2 rings (SSSR count). The van der Waals surface area contributed by atoms with Crippen LogP contribution in [0.4, 0.5) is 0 Å². The largest absolute Gasteiger partial charge is 0.484 e. The number of aryl methyl sites for hydroxylation is 2. The van der Waals surface area contributed by atoms with Gasteiger partial charge in [-0.1, -0.05) is 37.3 Å². The molecule has 1 N–H and O–H groups in total. The van der Waals surface area contributed by atoms with E-state index >= 15 is 0 Å². The Labute approximate surface area is 117 Å². The van der Waals surface area contributed by atoms with Gasteiger partial charge in [0.15, 0.2) is 11.4 Å². The van der Waals surface area contributed by atoms with Crippen LogP contribution in [0.2, 0.25) is 0 Å². The molecular weight excluding hydrogens is 256 g/mol. The maximum atomic E-state index is 11.4. The molecule has 1 heterocycles. The number of rotatable bonds is 6. The smallest absolute Gasteiger partial charge is 0.358 e. The first-order valence-corrected chi connectivity index (χ1v) is 6.61. The summed E-state index contributed by atoms with van der Waals surface area (Å²) in [6.45, 7) is 4.64. The van der Waals surface area contributed by atoms with E-state index < -0.39 is 5.97 Å². The number of ether oxygens (including phenoxy) is 1. The molecule has 0 amide bonds. The van der Waals surface area contributed by atoms with E-state index in [0.29, 0.717) is 24.6 Å². The van der Waals surface area contributed by atoms with Crippen molar-refractivity contribution in [2.75, 3.05) is 0 Å². The summed E-state index contributed by atoms with van der Waals surface area (Å²) in [5.41, 5.74) is 1.72. The Balaban J connectivity index is 2.24. The molecule has 0 radical (unpaired) electrons. The molecule has 0 aliphatic rings. The molecule has 2 aromatic rings. The molecule has 1 aromatic heterocycles. The number of hydrogen-bond donors (Lipinski definition) is 1. The molecule has 5 heteroatoms. The van der Waals surface area contributed by atoms with E-state index in [1.165, 1.54) is 4.68 Å². The molecule has 0 saturated carbocycles. The van der Waals surface area contributed by atoms with E-state index in [-0.39, 0.29) is 5.69 Å². The monoisotopic (exact) mass is 274 g/mol. The van der Waals surface area contributed by atoms with Crippen molar-refractivity contribution in [3.63, 3.8) is 0 Å². The average molecular weight is 274 g/mol. The SMILES string of the molecule is CCCn1nc(C)c(OCc2ccccc2)c1C(=O)O. The molecule has 106 valence electrons. The minimum Gasteiger partial charge on any atom is -0.484 e. The van der Waals surface area contributed by atoms with Crippen LogP contribution in [-0.2, 0) is 13.2 Å². The number of carbonyl (C=O) groups is 1. The maximum Gasteiger partial charge on any atom is 0.358 e. The Morgan fingerprint density at radius 1 is 1.35 bits per heavy atom. The summed E-state index contributed by atoms with van der Waals surface area (Å²) in [6.07, 6.45) is 0.819. The molecule has 0 spiro atoms. The molecule has 5 nitrogen and oxygen atoms in total. The van der Waals surface area contributed by atoms with Crippen molar-refractivity contribution >= 4 is 5.97 Å². The second kappa shape index (κ2) is 6.23. The molecule has 0 bridgehead atoms. The lowest BCUT2D eigenvalue weighted by Gasteiger charge is -2.07. The van der Waals surface area contributed by atoms with Gasteiger partial charge in [0.05, 0.1) is 0 Å². The lowest BCUT2D eigenvalue weighted by molar-refractivity contribution is 0.0677. The number of carboxylic acids is 1. The minimum atomic E-state index is -1.01. The van der Waals surface area contributed by atoms with Gasteiger partial charge in [0.25, 0.3) is 0 Å². The number of aromatic nitrogens is 2. The Kier molecular flexibility index (Phi) is 4.40. The van der Waals surface area contributed by atoms with Crippen LogP contribution in [-0.4, -0.2) is 20.9 Å². The van der Waals surface area contributed by atoms with Crippen LogP contribution in [0.3, 0.4) is 0 Å². The molecule has 1 aromatic carbocycles. The average Bonchev–Trinajstić information content (AvgIpc) is 2.74. The van der Waals surface area contributed by atoms with Gasteiger partial charge >= 0.3 is 5.97 Å². The van der Waals surface area contributed by atoms with Gasteiger partial charge in [0.2, 0.25) is 0 Å². The highest BCUT2D eigenvalue weighted by atomic mass is 16.5. The third-order valence-electron chi connectivity index (χ3n) is 2.94. The van der Waals surface area contributed by atoms with Crippen molar-refractivity contribution in [3.05, 3.63) is 47.3 Å². The van der Waals surface area contributed by atoms with Crippen molar-refractivity contribution in [2.45, 2.75) is 33.4 Å². The quantitative estimate of drug-likeness (QED) is 0.879. The maximum absolute atomic E-state index is 11.4. The van der Waals surface area contributed by atoms with Crippen LogP contribution in [0, 0.1) is 6.92 Å². The fraction of sp³-hybridized carbons (Fsp3) is 0.333. The Hall–Kier alpha value is -2.30. The first-order valence-electron chi connectivity index (χ1n) is 6.61. The molecule has 0 unspecified atom stereocenters. The number of hydrogen-bond acceptors (Lipinski definition) is 3. The number of nitrogens with zero attached hydrogens (tertiary/aromatic N) is 2. The predicted molar refractivity (Wildman–Crippen MR) is 75.0 cm³/mol. The first kappa shape index (κ1) is 14.1. The summed E-state index contributed by atoms with van der Waals surface area (Å²) in [6, 6.07) is 9.64. The molecular formula is C15H18N2O3. The van der Waals surface area contributed by atoms with Gasteiger partial charge < -0.3 is 9.84 Å². The van der Waals surface area contributed by atoms with Gasteiger partial charge in [0, 0.05) is 6.54 Å². The molecule has 20 heavy (non-hydrogen) atoms. The minimum absolute atomic E-state index is 0.125. The standard InChI is InChI=1S/C15H18N2O3/c1-3-9-17-13(15(18)19)14(11(2)16-17)20-10-12-7-5-4-6-8-12/h4-8H,3,9-10H2,1-2H3,(H,18,19). The fourth-order valence-electron chi connectivity index (χ4n) is 2.05. The van der Waals surface area contributed by atoms with E-state index in [1.807, 2.05) is 37.3 Å². The van der Waals surface area contributed by atoms with Crippen molar-refractivity contribution in [1.82, 2.24) is 9.78 Å². The topological polar surface area (TPSA) is 64.4 Å². The van der Waals surface area contributed by atoms with Crippen LogP contribution in [0.15, 0.2) is 30.3 Å². The van der Waals surface area contributed by atoms with Gasteiger partial charge in [-0.25, -0.2) is 4.79 Å². The Morgan fingerprint density at radius 2 is 2.05 bits per heavy atom. The van der Waals surface area contributed by atoms with Crippen LogP contribution >= 0.6 is 0 Å². The van der Waals surface area contributed by atoms with Crippen molar-refractivity contribution in [3.8, 4) is 5.75 Å². The van der Waals surface area contributed by atoms with Gasteiger partial charge in [-0.15, -0.1) is 0 Å². The zero-order chi connectivity index (χ0) is 14.5. The highest BCUT2D eigenvalue weighted by Gasteiger charge is 2.22. The third kappa shape index (κ3) is 2.99. The lowest BCUT2D eigenvalue weighted by atomic mass is 10.2. The zero-order valence-electron chi connectivity index (χ0n) is 11.7. The summed E-state index contributed by atoms with van der Waals surface area (Å²) in [5.74, 6) is -0.656. The number of benzene rings is 1. The second-order valence-electron chi connectivity index (χ2n) is 4.57. The highest BCUT2D eigenvalue weighted by Crippen LogP contribution is 2.24. The van der Waals surface area contributed by atoms with Crippen LogP contribution in [0.5, 0.6) is 5.75 Å². The van der Waals surface area contributed by atoms with Crippen LogP contribution in [0.25, 0.3) is 0 Å². The number of carboxylic acid groups (broad SMARTS) is 1. The van der Waals surface area contributed by atoms with E-state index in [0.717, 1.165) is 12.0 Å². The Bertz CT molecular complexity index is 591. The first-order chi connectivity index (χ1) is 9.63. The fourth-order valence-corrected chi connectivity index (χ4v) is 2.05. The Morgan fingerprint density at radius 3 is 2.65 bits per heavy atom. The van der Waals surface area contributed by atoms with Crippen molar-refractivity contribution < 1.29 is 14.6 Å². The summed E-state index contributed by atoms with van der Waals surface area (Å²) in [5, 5.41) is 13.6.